The monoisotopic (exact) mass is 421 g/mol. The van der Waals surface area contributed by atoms with Crippen LogP contribution in [0, 0.1) is 5.82 Å². The van der Waals surface area contributed by atoms with Crippen LogP contribution in [0.5, 0.6) is 5.75 Å². The molecule has 156 valence electrons. The summed E-state index contributed by atoms with van der Waals surface area (Å²) in [5, 5.41) is 13.4. The van der Waals surface area contributed by atoms with E-state index in [1.807, 2.05) is 0 Å². The topological polar surface area (TPSA) is 115 Å². The lowest BCUT2D eigenvalue weighted by Crippen LogP contribution is -2.15. The zero-order chi connectivity index (χ0) is 22.0. The predicted molar refractivity (Wildman–Crippen MR) is 108 cm³/mol. The number of ether oxygens (including phenoxy) is 1. The smallest absolute Gasteiger partial charge is 0.360 e. The summed E-state index contributed by atoms with van der Waals surface area (Å²) in [5.41, 5.74) is 1.51. The van der Waals surface area contributed by atoms with Gasteiger partial charge in [-0.25, -0.2) is 14.2 Å². The summed E-state index contributed by atoms with van der Waals surface area (Å²) >= 11 is 0. The van der Waals surface area contributed by atoms with Crippen LogP contribution >= 0.6 is 0 Å². The molecule has 0 fully saturated rings. The molecule has 3 heterocycles. The van der Waals surface area contributed by atoms with Gasteiger partial charge in [0, 0.05) is 11.6 Å². The van der Waals surface area contributed by atoms with Crippen LogP contribution in [-0.2, 0) is 11.2 Å². The molecule has 0 radical (unpaired) electrons. The summed E-state index contributed by atoms with van der Waals surface area (Å²) in [4.78, 5) is 32.9. The van der Waals surface area contributed by atoms with Gasteiger partial charge >= 0.3 is 5.97 Å². The second kappa shape index (κ2) is 8.23. The first-order chi connectivity index (χ1) is 15.0. The van der Waals surface area contributed by atoms with Gasteiger partial charge in [-0.2, -0.15) is 0 Å². The number of pyridine rings is 2. The zero-order valence-electron chi connectivity index (χ0n) is 16.3. The maximum Gasteiger partial charge on any atom is 0.360 e. The van der Waals surface area contributed by atoms with Gasteiger partial charge in [-0.05, 0) is 41.8 Å². The Kier molecular flexibility index (Phi) is 5.31. The van der Waals surface area contributed by atoms with E-state index >= 15 is 0 Å². The minimum Gasteiger partial charge on any atom is -0.504 e. The Hall–Kier alpha value is -4.27. The van der Waals surface area contributed by atoms with Gasteiger partial charge in [0.2, 0.25) is 0 Å². The molecule has 0 atom stereocenters. The van der Waals surface area contributed by atoms with Crippen LogP contribution in [-0.4, -0.2) is 34.1 Å². The molecule has 0 aliphatic rings. The van der Waals surface area contributed by atoms with Crippen LogP contribution in [0.25, 0.3) is 10.9 Å². The van der Waals surface area contributed by atoms with Crippen molar-refractivity contribution in [2.45, 2.75) is 6.42 Å². The number of esters is 1. The van der Waals surface area contributed by atoms with Crippen LogP contribution in [0.3, 0.4) is 0 Å². The van der Waals surface area contributed by atoms with Gasteiger partial charge in [0.25, 0.3) is 5.91 Å². The molecule has 9 heteroatoms. The van der Waals surface area contributed by atoms with Gasteiger partial charge in [-0.1, -0.05) is 12.1 Å². The van der Waals surface area contributed by atoms with Crippen molar-refractivity contribution in [1.29, 1.82) is 0 Å². The summed E-state index contributed by atoms with van der Waals surface area (Å²) in [6, 6.07) is 9.17. The average Bonchev–Trinajstić information content (AvgIpc) is 3.32. The molecule has 0 aliphatic carbocycles. The van der Waals surface area contributed by atoms with E-state index in [1.54, 1.807) is 18.2 Å². The standard InChI is InChI=1S/C22H16FN3O5/c1-30-22(29)18-19(27)17-16(20(25-18)26-21(28)14-6-7-31-11-14)9-13(10-24-17)8-12-2-4-15(23)5-3-12/h2-7,9-11,27H,8H2,1H3,(H,25,26,28). The highest BCUT2D eigenvalue weighted by molar-refractivity contribution is 6.10. The molecule has 1 aromatic carbocycles. The van der Waals surface area contributed by atoms with Crippen molar-refractivity contribution in [2.75, 3.05) is 12.4 Å². The number of aromatic hydroxyl groups is 1. The average molecular weight is 421 g/mol. The number of carbonyl (C=O) groups is 2. The Bertz CT molecular complexity index is 1270. The Morgan fingerprint density at radius 2 is 1.97 bits per heavy atom. The SMILES string of the molecule is COC(=O)c1nc(NC(=O)c2ccoc2)c2cc(Cc3ccc(F)cc3)cnc2c1O. The van der Waals surface area contributed by atoms with Gasteiger partial charge in [0.15, 0.2) is 11.4 Å². The molecular weight excluding hydrogens is 405 g/mol. The van der Waals surface area contributed by atoms with Crippen molar-refractivity contribution >= 4 is 28.6 Å². The van der Waals surface area contributed by atoms with Gasteiger partial charge in [0.1, 0.15) is 23.4 Å². The van der Waals surface area contributed by atoms with Crippen molar-refractivity contribution in [2.24, 2.45) is 0 Å². The van der Waals surface area contributed by atoms with E-state index in [1.165, 1.54) is 36.9 Å². The molecule has 3 aromatic heterocycles. The summed E-state index contributed by atoms with van der Waals surface area (Å²) < 4.78 is 22.8. The maximum atomic E-state index is 13.2. The van der Waals surface area contributed by atoms with E-state index in [-0.39, 0.29) is 28.4 Å². The maximum absolute atomic E-state index is 13.2. The quantitative estimate of drug-likeness (QED) is 0.472. The Balaban J connectivity index is 1.80. The lowest BCUT2D eigenvalue weighted by molar-refractivity contribution is 0.0590. The first-order valence-electron chi connectivity index (χ1n) is 9.14. The molecule has 1 amide bonds. The number of anilines is 1. The third kappa shape index (κ3) is 4.06. The van der Waals surface area contributed by atoms with Crippen molar-refractivity contribution < 1.29 is 28.2 Å². The van der Waals surface area contributed by atoms with Gasteiger partial charge in [0.05, 0.1) is 18.9 Å². The number of rotatable bonds is 5. The van der Waals surface area contributed by atoms with Crippen molar-refractivity contribution in [3.8, 4) is 5.75 Å². The predicted octanol–water partition coefficient (Wildman–Crippen LogP) is 3.70. The van der Waals surface area contributed by atoms with Crippen LogP contribution in [0.2, 0.25) is 0 Å². The van der Waals surface area contributed by atoms with E-state index in [9.17, 15) is 19.1 Å². The fourth-order valence-corrected chi connectivity index (χ4v) is 3.06. The van der Waals surface area contributed by atoms with Crippen LogP contribution in [0.15, 0.2) is 59.5 Å². The number of aromatic nitrogens is 2. The normalized spacial score (nSPS) is 10.8. The zero-order valence-corrected chi connectivity index (χ0v) is 16.3. The summed E-state index contributed by atoms with van der Waals surface area (Å²) in [5.74, 6) is -2.18. The van der Waals surface area contributed by atoms with Crippen LogP contribution in [0.1, 0.15) is 32.0 Å². The number of carbonyl (C=O) groups excluding carboxylic acids is 2. The fraction of sp³-hybridized carbons (Fsp3) is 0.0909. The molecule has 0 unspecified atom stereocenters. The van der Waals surface area contributed by atoms with Gasteiger partial charge < -0.3 is 19.6 Å². The lowest BCUT2D eigenvalue weighted by Gasteiger charge is -2.12. The number of nitrogens with zero attached hydrogens (tertiary/aromatic N) is 2. The third-order valence-corrected chi connectivity index (χ3v) is 4.59. The Labute approximate surface area is 175 Å². The molecule has 0 bridgehead atoms. The third-order valence-electron chi connectivity index (χ3n) is 4.59. The molecule has 0 spiro atoms. The number of benzene rings is 1. The molecule has 31 heavy (non-hydrogen) atoms. The van der Waals surface area contributed by atoms with Crippen molar-refractivity contribution in [3.63, 3.8) is 0 Å². The fourth-order valence-electron chi connectivity index (χ4n) is 3.06. The van der Waals surface area contributed by atoms with E-state index in [0.717, 1.165) is 18.2 Å². The second-order valence-corrected chi connectivity index (χ2v) is 6.66. The second-order valence-electron chi connectivity index (χ2n) is 6.66. The summed E-state index contributed by atoms with van der Waals surface area (Å²) in [6.45, 7) is 0. The largest absolute Gasteiger partial charge is 0.504 e. The number of hydrogen-bond donors (Lipinski definition) is 2. The minimum absolute atomic E-state index is 0.0212. The highest BCUT2D eigenvalue weighted by Gasteiger charge is 2.22. The molecular formula is C22H16FN3O5. The molecule has 8 nitrogen and oxygen atoms in total. The van der Waals surface area contributed by atoms with Crippen molar-refractivity contribution in [3.05, 3.63) is 83.3 Å². The van der Waals surface area contributed by atoms with E-state index in [4.69, 9.17) is 4.42 Å². The molecule has 2 N–H and O–H groups in total. The van der Waals surface area contributed by atoms with Gasteiger partial charge in [-0.3, -0.25) is 9.78 Å². The number of methoxy groups -OCH3 is 1. The van der Waals surface area contributed by atoms with E-state index in [0.29, 0.717) is 11.8 Å². The number of hydrogen-bond acceptors (Lipinski definition) is 7. The van der Waals surface area contributed by atoms with Crippen LogP contribution in [0.4, 0.5) is 10.2 Å². The van der Waals surface area contributed by atoms with E-state index in [2.05, 4.69) is 20.0 Å². The number of furan rings is 1. The lowest BCUT2D eigenvalue weighted by atomic mass is 10.0. The van der Waals surface area contributed by atoms with Crippen molar-refractivity contribution in [1.82, 2.24) is 9.97 Å². The Morgan fingerprint density at radius 3 is 2.65 bits per heavy atom. The van der Waals surface area contributed by atoms with Crippen LogP contribution < -0.4 is 5.32 Å². The molecule has 0 aliphatic heterocycles. The molecule has 4 rings (SSSR count). The highest BCUT2D eigenvalue weighted by Crippen LogP contribution is 2.32. The minimum atomic E-state index is -0.879. The molecule has 0 saturated carbocycles. The first kappa shape index (κ1) is 20.0. The highest BCUT2D eigenvalue weighted by atomic mass is 19.1. The number of fused-ring (bicyclic) bond motifs is 1. The Morgan fingerprint density at radius 1 is 1.19 bits per heavy atom. The summed E-state index contributed by atoms with van der Waals surface area (Å²) in [7, 11) is 1.15. The molecule has 0 saturated heterocycles. The molecule has 4 aromatic rings. The first-order valence-corrected chi connectivity index (χ1v) is 9.14. The number of halogens is 1. The number of nitrogens with one attached hydrogen (secondary N) is 1. The van der Waals surface area contributed by atoms with Gasteiger partial charge in [-0.15, -0.1) is 0 Å². The summed E-state index contributed by atoms with van der Waals surface area (Å²) in [6.07, 6.45) is 4.56. The van der Waals surface area contributed by atoms with E-state index < -0.39 is 17.6 Å². The number of amides is 1.